The van der Waals surface area contributed by atoms with E-state index in [4.69, 9.17) is 0 Å². The van der Waals surface area contributed by atoms with Crippen molar-refractivity contribution in [2.45, 2.75) is 38.6 Å². The van der Waals surface area contributed by atoms with E-state index >= 15 is 0 Å². The van der Waals surface area contributed by atoms with Gasteiger partial charge in [0.1, 0.15) is 6.04 Å². The highest BCUT2D eigenvalue weighted by molar-refractivity contribution is 6.04. The Hall–Kier alpha value is -2.08. The van der Waals surface area contributed by atoms with Crippen LogP contribution in [0.1, 0.15) is 31.2 Å². The number of benzene rings is 1. The van der Waals surface area contributed by atoms with E-state index in [1.807, 2.05) is 0 Å². The molecule has 0 radical (unpaired) electrons. The molecule has 3 aliphatic rings. The molecule has 0 N–H and O–H groups in total. The lowest BCUT2D eigenvalue weighted by atomic mass is 10.1. The Balaban J connectivity index is 1.18. The van der Waals surface area contributed by atoms with Crippen molar-refractivity contribution >= 4 is 17.6 Å². The zero-order valence-electron chi connectivity index (χ0n) is 16.3. The van der Waals surface area contributed by atoms with Gasteiger partial charge in [-0.2, -0.15) is 0 Å². The Kier molecular flexibility index (Phi) is 5.34. The van der Waals surface area contributed by atoms with Gasteiger partial charge in [-0.3, -0.25) is 14.6 Å². The van der Waals surface area contributed by atoms with Crippen molar-refractivity contribution < 1.29 is 9.59 Å². The summed E-state index contributed by atoms with van der Waals surface area (Å²) in [4.78, 5) is 32.9. The fourth-order valence-corrected chi connectivity index (χ4v) is 4.62. The minimum atomic E-state index is -0.160. The molecule has 0 aliphatic carbocycles. The first-order valence-electron chi connectivity index (χ1n) is 10.3. The average Bonchev–Trinajstić information content (AvgIpc) is 3.25. The number of para-hydroxylation sites is 1. The van der Waals surface area contributed by atoms with Gasteiger partial charge in [0.05, 0.1) is 0 Å². The molecule has 0 spiro atoms. The van der Waals surface area contributed by atoms with Crippen LogP contribution < -0.4 is 4.90 Å². The second-order valence-electron chi connectivity index (χ2n) is 7.95. The van der Waals surface area contributed by atoms with Gasteiger partial charge in [0.2, 0.25) is 0 Å². The standard InChI is InChI=1S/C21H30N4O2/c1-17-7-2-3-8-18(17)23-15-13-22(14-16-23)10-4-5-11-25-20(26)19-9-6-12-24(19)21(25)27/h2-3,7-8,19H,4-6,9-16H2,1H3/t19-/m0/s1. The van der Waals surface area contributed by atoms with Crippen molar-refractivity contribution in [2.75, 3.05) is 50.7 Å². The summed E-state index contributed by atoms with van der Waals surface area (Å²) in [6.07, 6.45) is 3.73. The van der Waals surface area contributed by atoms with Crippen molar-refractivity contribution in [1.82, 2.24) is 14.7 Å². The van der Waals surface area contributed by atoms with Crippen LogP contribution in [0.2, 0.25) is 0 Å². The van der Waals surface area contributed by atoms with Crippen LogP contribution in [0.4, 0.5) is 10.5 Å². The maximum absolute atomic E-state index is 12.3. The number of unbranched alkanes of at least 4 members (excludes halogenated alkanes) is 1. The van der Waals surface area contributed by atoms with E-state index in [-0.39, 0.29) is 18.0 Å². The van der Waals surface area contributed by atoms with Crippen LogP contribution in [-0.4, -0.2) is 78.5 Å². The van der Waals surface area contributed by atoms with Crippen LogP contribution in [0, 0.1) is 6.92 Å². The lowest BCUT2D eigenvalue weighted by molar-refractivity contribution is -0.128. The highest BCUT2D eigenvalue weighted by Crippen LogP contribution is 2.27. The summed E-state index contributed by atoms with van der Waals surface area (Å²) in [5.74, 6) is 0.0318. The maximum atomic E-state index is 12.3. The normalized spacial score (nSPS) is 23.4. The molecule has 1 atom stereocenters. The third-order valence-electron chi connectivity index (χ3n) is 6.21. The van der Waals surface area contributed by atoms with E-state index < -0.39 is 0 Å². The van der Waals surface area contributed by atoms with Gasteiger partial charge in [0.25, 0.3) is 5.91 Å². The Morgan fingerprint density at radius 2 is 1.70 bits per heavy atom. The summed E-state index contributed by atoms with van der Waals surface area (Å²) in [5.41, 5.74) is 2.69. The van der Waals surface area contributed by atoms with Crippen molar-refractivity contribution in [3.8, 4) is 0 Å². The molecule has 0 unspecified atom stereocenters. The number of anilines is 1. The molecule has 27 heavy (non-hydrogen) atoms. The molecule has 3 aliphatic heterocycles. The molecule has 0 bridgehead atoms. The van der Waals surface area contributed by atoms with Gasteiger partial charge in [-0.15, -0.1) is 0 Å². The van der Waals surface area contributed by atoms with E-state index in [0.717, 1.165) is 65.0 Å². The Morgan fingerprint density at radius 1 is 0.963 bits per heavy atom. The molecule has 3 fully saturated rings. The number of urea groups is 1. The molecule has 146 valence electrons. The Bertz CT molecular complexity index is 677. The monoisotopic (exact) mass is 370 g/mol. The van der Waals surface area contributed by atoms with Crippen LogP contribution in [0.5, 0.6) is 0 Å². The van der Waals surface area contributed by atoms with E-state index in [1.54, 1.807) is 4.90 Å². The lowest BCUT2D eigenvalue weighted by Crippen LogP contribution is -2.47. The van der Waals surface area contributed by atoms with Crippen LogP contribution in [0.15, 0.2) is 24.3 Å². The van der Waals surface area contributed by atoms with Gasteiger partial charge < -0.3 is 9.80 Å². The molecule has 1 aromatic carbocycles. The predicted octanol–water partition coefficient (Wildman–Crippen LogP) is 2.32. The molecular formula is C21H30N4O2. The summed E-state index contributed by atoms with van der Waals surface area (Å²) in [6, 6.07) is 8.37. The van der Waals surface area contributed by atoms with Crippen molar-refractivity contribution in [1.29, 1.82) is 0 Å². The number of carbonyl (C=O) groups is 2. The molecule has 6 nitrogen and oxygen atoms in total. The van der Waals surface area contributed by atoms with Crippen LogP contribution in [-0.2, 0) is 4.79 Å². The number of nitrogens with zero attached hydrogens (tertiary/aromatic N) is 4. The number of hydrogen-bond acceptors (Lipinski definition) is 4. The lowest BCUT2D eigenvalue weighted by Gasteiger charge is -2.36. The summed E-state index contributed by atoms with van der Waals surface area (Å²) < 4.78 is 0. The number of imide groups is 1. The summed E-state index contributed by atoms with van der Waals surface area (Å²) in [6.45, 7) is 8.82. The number of rotatable bonds is 6. The fraction of sp³-hybridized carbons (Fsp3) is 0.619. The average molecular weight is 370 g/mol. The number of fused-ring (bicyclic) bond motifs is 1. The van der Waals surface area contributed by atoms with Crippen LogP contribution >= 0.6 is 0 Å². The number of piperazine rings is 1. The minimum Gasteiger partial charge on any atom is -0.369 e. The highest BCUT2D eigenvalue weighted by atomic mass is 16.2. The third-order valence-corrected chi connectivity index (χ3v) is 6.21. The number of carbonyl (C=O) groups excluding carboxylic acids is 2. The van der Waals surface area contributed by atoms with Crippen molar-refractivity contribution in [3.63, 3.8) is 0 Å². The summed E-state index contributed by atoms with van der Waals surface area (Å²) >= 11 is 0. The maximum Gasteiger partial charge on any atom is 0.327 e. The van der Waals surface area contributed by atoms with E-state index in [2.05, 4.69) is 41.0 Å². The number of amides is 3. The molecular weight excluding hydrogens is 340 g/mol. The van der Waals surface area contributed by atoms with Gasteiger partial charge in [0.15, 0.2) is 0 Å². The number of aryl methyl sites for hydroxylation is 1. The summed E-state index contributed by atoms with van der Waals surface area (Å²) in [7, 11) is 0. The van der Waals surface area contributed by atoms with E-state index in [1.165, 1.54) is 16.2 Å². The first-order chi connectivity index (χ1) is 13.1. The van der Waals surface area contributed by atoms with Crippen molar-refractivity contribution in [3.05, 3.63) is 29.8 Å². The minimum absolute atomic E-state index is 0.0318. The predicted molar refractivity (Wildman–Crippen MR) is 106 cm³/mol. The van der Waals surface area contributed by atoms with Crippen molar-refractivity contribution in [2.24, 2.45) is 0 Å². The zero-order chi connectivity index (χ0) is 18.8. The second-order valence-corrected chi connectivity index (χ2v) is 7.95. The van der Waals surface area contributed by atoms with Gasteiger partial charge >= 0.3 is 6.03 Å². The molecule has 4 rings (SSSR count). The van der Waals surface area contributed by atoms with E-state index in [9.17, 15) is 9.59 Å². The number of hydrogen-bond donors (Lipinski definition) is 0. The van der Waals surface area contributed by atoms with Crippen LogP contribution in [0.3, 0.4) is 0 Å². The first kappa shape index (κ1) is 18.3. The van der Waals surface area contributed by atoms with E-state index in [0.29, 0.717) is 6.54 Å². The van der Waals surface area contributed by atoms with Gasteiger partial charge in [-0.05, 0) is 50.8 Å². The van der Waals surface area contributed by atoms with Gasteiger partial charge in [-0.25, -0.2) is 4.79 Å². The second kappa shape index (κ2) is 7.89. The Labute approximate surface area is 161 Å². The smallest absolute Gasteiger partial charge is 0.327 e. The molecule has 3 amide bonds. The zero-order valence-corrected chi connectivity index (χ0v) is 16.3. The summed E-state index contributed by atoms with van der Waals surface area (Å²) in [5, 5.41) is 0. The molecule has 0 saturated carbocycles. The fourth-order valence-electron chi connectivity index (χ4n) is 4.62. The molecule has 0 aromatic heterocycles. The van der Waals surface area contributed by atoms with Gasteiger partial charge in [-0.1, -0.05) is 18.2 Å². The van der Waals surface area contributed by atoms with Gasteiger partial charge in [0, 0.05) is 45.0 Å². The molecule has 6 heteroatoms. The topological polar surface area (TPSA) is 47.1 Å². The quantitative estimate of drug-likeness (QED) is 0.570. The third kappa shape index (κ3) is 3.68. The molecule has 3 saturated heterocycles. The Morgan fingerprint density at radius 3 is 2.44 bits per heavy atom. The SMILES string of the molecule is Cc1ccccc1N1CCN(CCCCN2C(=O)[C@@H]3CCCN3C2=O)CC1. The largest absolute Gasteiger partial charge is 0.369 e. The van der Waals surface area contributed by atoms with Crippen LogP contribution in [0.25, 0.3) is 0 Å². The first-order valence-corrected chi connectivity index (χ1v) is 10.3. The molecule has 1 aromatic rings. The highest BCUT2D eigenvalue weighted by Gasteiger charge is 2.46. The molecule has 3 heterocycles.